The summed E-state index contributed by atoms with van der Waals surface area (Å²) in [4.78, 5) is 12.4. The lowest BCUT2D eigenvalue weighted by molar-refractivity contribution is -0.121. The molecule has 1 aromatic carbocycles. The van der Waals surface area contributed by atoms with Gasteiger partial charge < -0.3 is 10.1 Å². The van der Waals surface area contributed by atoms with Crippen molar-refractivity contribution in [3.05, 3.63) is 60.0 Å². The Kier molecular flexibility index (Phi) is 6.59. The minimum atomic E-state index is -3.50. The minimum Gasteiger partial charge on any atom is -0.379 e. The Hall–Kier alpha value is -2.82. The van der Waals surface area contributed by atoms with Gasteiger partial charge >= 0.3 is 0 Å². The molecular weight excluding hydrogens is 418 g/mol. The molecule has 1 amide bonds. The van der Waals surface area contributed by atoms with E-state index in [4.69, 9.17) is 4.74 Å². The van der Waals surface area contributed by atoms with Gasteiger partial charge in [-0.15, -0.1) is 10.2 Å². The predicted octanol–water partition coefficient (Wildman–Crippen LogP) is 1.04. The van der Waals surface area contributed by atoms with Gasteiger partial charge in [-0.3, -0.25) is 9.20 Å². The highest BCUT2D eigenvalue weighted by atomic mass is 32.2. The van der Waals surface area contributed by atoms with Crippen molar-refractivity contribution in [3.63, 3.8) is 0 Å². The van der Waals surface area contributed by atoms with Crippen LogP contribution in [-0.2, 0) is 32.4 Å². The number of hydrogen-bond acceptors (Lipinski definition) is 6. The molecule has 1 aliphatic rings. The Labute approximate surface area is 181 Å². The van der Waals surface area contributed by atoms with Gasteiger partial charge in [-0.25, -0.2) is 8.42 Å². The lowest BCUT2D eigenvalue weighted by Gasteiger charge is -2.26. The number of benzene rings is 1. The zero-order chi connectivity index (χ0) is 21.7. The second kappa shape index (κ2) is 9.54. The number of nitrogens with one attached hydrogen (secondary N) is 1. The Balaban J connectivity index is 1.24. The summed E-state index contributed by atoms with van der Waals surface area (Å²) in [6, 6.07) is 12.4. The maximum Gasteiger partial charge on any atom is 0.243 e. The van der Waals surface area contributed by atoms with E-state index in [-0.39, 0.29) is 10.8 Å². The lowest BCUT2D eigenvalue weighted by atomic mass is 10.1. The molecule has 0 spiro atoms. The quantitative estimate of drug-likeness (QED) is 0.558. The normalized spacial score (nSPS) is 15.2. The summed E-state index contributed by atoms with van der Waals surface area (Å²) >= 11 is 0. The van der Waals surface area contributed by atoms with Gasteiger partial charge in [-0.2, -0.15) is 4.31 Å². The van der Waals surface area contributed by atoms with Gasteiger partial charge in [0.2, 0.25) is 15.9 Å². The van der Waals surface area contributed by atoms with Crippen molar-refractivity contribution in [1.29, 1.82) is 0 Å². The summed E-state index contributed by atoms with van der Waals surface area (Å²) in [5, 5.41) is 11.1. The Morgan fingerprint density at radius 2 is 1.81 bits per heavy atom. The lowest BCUT2D eigenvalue weighted by Crippen LogP contribution is -2.40. The van der Waals surface area contributed by atoms with E-state index in [1.807, 2.05) is 28.8 Å². The third-order valence-corrected chi connectivity index (χ3v) is 7.14. The number of carbonyl (C=O) groups excluding carboxylic acids is 1. The average Bonchev–Trinajstić information content (AvgIpc) is 3.22. The Morgan fingerprint density at radius 3 is 2.58 bits per heavy atom. The van der Waals surface area contributed by atoms with Crippen LogP contribution in [0.3, 0.4) is 0 Å². The van der Waals surface area contributed by atoms with Crippen LogP contribution in [-0.4, -0.2) is 66.1 Å². The summed E-state index contributed by atoms with van der Waals surface area (Å²) in [6.07, 6.45) is 3.36. The molecule has 3 aromatic rings. The van der Waals surface area contributed by atoms with Crippen molar-refractivity contribution in [2.24, 2.45) is 0 Å². The van der Waals surface area contributed by atoms with E-state index >= 15 is 0 Å². The van der Waals surface area contributed by atoms with Crippen LogP contribution >= 0.6 is 0 Å². The Bertz CT molecular complexity index is 1140. The van der Waals surface area contributed by atoms with Crippen molar-refractivity contribution in [2.45, 2.75) is 24.2 Å². The molecule has 4 rings (SSSR count). The van der Waals surface area contributed by atoms with Crippen molar-refractivity contribution < 1.29 is 17.9 Å². The van der Waals surface area contributed by atoms with Crippen LogP contribution in [0.25, 0.3) is 5.65 Å². The smallest absolute Gasteiger partial charge is 0.243 e. The first-order chi connectivity index (χ1) is 15.0. The van der Waals surface area contributed by atoms with Crippen LogP contribution in [0.2, 0.25) is 0 Å². The molecular formula is C21H25N5O4S. The second-order valence-corrected chi connectivity index (χ2v) is 9.24. The fourth-order valence-electron chi connectivity index (χ4n) is 3.49. The zero-order valence-electron chi connectivity index (χ0n) is 17.1. The van der Waals surface area contributed by atoms with Crippen LogP contribution in [0.15, 0.2) is 53.6 Å². The van der Waals surface area contributed by atoms with Gasteiger partial charge in [0.05, 0.1) is 18.1 Å². The molecule has 1 saturated heterocycles. The maximum absolute atomic E-state index is 12.7. The minimum absolute atomic E-state index is 0.0566. The molecule has 0 saturated carbocycles. The predicted molar refractivity (Wildman–Crippen MR) is 114 cm³/mol. The maximum atomic E-state index is 12.7. The number of aromatic nitrogens is 3. The molecule has 9 nitrogen and oxygen atoms in total. The SMILES string of the molecule is O=C(CCc1ccc(S(=O)(=O)N2CCOCC2)cc1)NCCc1nnc2ccccn12. The van der Waals surface area contributed by atoms with Crippen LogP contribution < -0.4 is 5.32 Å². The standard InChI is InChI=1S/C21H25N5O4S/c27-21(22-11-10-20-24-23-19-3-1-2-12-26(19)20)9-6-17-4-7-18(8-5-17)31(28,29)25-13-15-30-16-14-25/h1-5,7-8,12H,6,9-11,13-16H2,(H,22,27). The number of rotatable bonds is 8. The molecule has 1 fully saturated rings. The van der Waals surface area contributed by atoms with Crippen LogP contribution in [0.5, 0.6) is 0 Å². The molecule has 164 valence electrons. The molecule has 10 heteroatoms. The summed E-state index contributed by atoms with van der Waals surface area (Å²) in [5.41, 5.74) is 1.70. The number of hydrogen-bond donors (Lipinski definition) is 1. The highest BCUT2D eigenvalue weighted by molar-refractivity contribution is 7.89. The number of nitrogens with zero attached hydrogens (tertiary/aromatic N) is 4. The largest absolute Gasteiger partial charge is 0.379 e. The van der Waals surface area contributed by atoms with Gasteiger partial charge in [0.1, 0.15) is 5.82 Å². The summed E-state index contributed by atoms with van der Waals surface area (Å²) in [5.74, 6) is 0.742. The van der Waals surface area contributed by atoms with E-state index in [9.17, 15) is 13.2 Å². The van der Waals surface area contributed by atoms with Crippen molar-refractivity contribution in [2.75, 3.05) is 32.8 Å². The number of sulfonamides is 1. The first-order valence-electron chi connectivity index (χ1n) is 10.3. The first-order valence-corrected chi connectivity index (χ1v) is 11.7. The molecule has 0 aliphatic carbocycles. The number of amides is 1. The number of aryl methyl sites for hydroxylation is 1. The fraction of sp³-hybridized carbons (Fsp3) is 0.381. The second-order valence-electron chi connectivity index (χ2n) is 7.31. The van der Waals surface area contributed by atoms with E-state index < -0.39 is 10.0 Å². The fourth-order valence-corrected chi connectivity index (χ4v) is 4.89. The average molecular weight is 444 g/mol. The van der Waals surface area contributed by atoms with Crippen LogP contribution in [0, 0.1) is 0 Å². The summed E-state index contributed by atoms with van der Waals surface area (Å²) in [6.45, 7) is 2.05. The van der Waals surface area contributed by atoms with Crippen molar-refractivity contribution >= 4 is 21.6 Å². The monoisotopic (exact) mass is 443 g/mol. The molecule has 0 radical (unpaired) electrons. The van der Waals surface area contributed by atoms with Crippen molar-refractivity contribution in [1.82, 2.24) is 24.2 Å². The topological polar surface area (TPSA) is 106 Å². The van der Waals surface area contributed by atoms with Crippen LogP contribution in [0.4, 0.5) is 0 Å². The van der Waals surface area contributed by atoms with E-state index in [1.165, 1.54) is 4.31 Å². The number of ether oxygens (including phenoxy) is 1. The highest BCUT2D eigenvalue weighted by Gasteiger charge is 2.26. The highest BCUT2D eigenvalue weighted by Crippen LogP contribution is 2.18. The molecule has 0 atom stereocenters. The zero-order valence-corrected chi connectivity index (χ0v) is 17.9. The van der Waals surface area contributed by atoms with E-state index in [1.54, 1.807) is 24.3 Å². The molecule has 3 heterocycles. The number of morpholine rings is 1. The third-order valence-electron chi connectivity index (χ3n) is 5.23. The van der Waals surface area contributed by atoms with Gasteiger partial charge in [0.15, 0.2) is 5.65 Å². The molecule has 0 unspecified atom stereocenters. The summed E-state index contributed by atoms with van der Waals surface area (Å²) < 4.78 is 33.9. The van der Waals surface area contributed by atoms with Gasteiger partial charge in [0.25, 0.3) is 0 Å². The molecule has 2 aromatic heterocycles. The van der Waals surface area contributed by atoms with Crippen LogP contribution in [0.1, 0.15) is 17.8 Å². The van der Waals surface area contributed by atoms with Gasteiger partial charge in [0, 0.05) is 38.7 Å². The van der Waals surface area contributed by atoms with Gasteiger partial charge in [-0.05, 0) is 36.2 Å². The third kappa shape index (κ3) is 5.09. The van der Waals surface area contributed by atoms with E-state index in [0.717, 1.165) is 17.0 Å². The number of fused-ring (bicyclic) bond motifs is 1. The van der Waals surface area contributed by atoms with E-state index in [2.05, 4.69) is 15.5 Å². The number of pyridine rings is 1. The first kappa shape index (κ1) is 21.4. The van der Waals surface area contributed by atoms with Crippen molar-refractivity contribution in [3.8, 4) is 0 Å². The Morgan fingerprint density at radius 1 is 1.03 bits per heavy atom. The summed E-state index contributed by atoms with van der Waals surface area (Å²) in [7, 11) is -3.50. The molecule has 1 aliphatic heterocycles. The van der Waals surface area contributed by atoms with E-state index in [0.29, 0.717) is 52.1 Å². The van der Waals surface area contributed by atoms with Gasteiger partial charge in [-0.1, -0.05) is 18.2 Å². The number of carbonyl (C=O) groups is 1. The molecule has 31 heavy (non-hydrogen) atoms. The molecule has 1 N–H and O–H groups in total. The molecule has 0 bridgehead atoms.